The van der Waals surface area contributed by atoms with E-state index in [4.69, 9.17) is 0 Å². The van der Waals surface area contributed by atoms with E-state index in [2.05, 4.69) is 60.0 Å². The van der Waals surface area contributed by atoms with Gasteiger partial charge in [-0.05, 0) is 53.4 Å². The van der Waals surface area contributed by atoms with Gasteiger partial charge in [0.25, 0.3) is 0 Å². The van der Waals surface area contributed by atoms with Crippen LogP contribution in [0.5, 0.6) is 0 Å². The van der Waals surface area contributed by atoms with Crippen LogP contribution in [0.1, 0.15) is 19.3 Å². The van der Waals surface area contributed by atoms with Crippen LogP contribution in [-0.4, -0.2) is 28.0 Å². The molecule has 0 unspecified atom stereocenters. The third-order valence-electron chi connectivity index (χ3n) is 4.25. The van der Waals surface area contributed by atoms with Crippen molar-refractivity contribution in [3.05, 3.63) is 47.2 Å². The number of benzene rings is 1. The van der Waals surface area contributed by atoms with Gasteiger partial charge in [-0.1, -0.05) is 12.1 Å². The van der Waals surface area contributed by atoms with Gasteiger partial charge in [0, 0.05) is 35.0 Å². The first-order chi connectivity index (χ1) is 11.3. The first-order valence-electron chi connectivity index (χ1n) is 7.93. The molecule has 0 atom stereocenters. The molecule has 0 N–H and O–H groups in total. The van der Waals surface area contributed by atoms with Gasteiger partial charge in [0.2, 0.25) is 0 Å². The number of fused-ring (bicyclic) bond motifs is 1. The molecule has 4 rings (SSSR count). The fraction of sp³-hybridized carbons (Fsp3) is 0.278. The molecule has 0 spiro atoms. The van der Waals surface area contributed by atoms with Gasteiger partial charge >= 0.3 is 0 Å². The van der Waals surface area contributed by atoms with Gasteiger partial charge in [-0.3, -0.25) is 4.98 Å². The van der Waals surface area contributed by atoms with E-state index in [-0.39, 0.29) is 0 Å². The van der Waals surface area contributed by atoms with Gasteiger partial charge in [0.1, 0.15) is 5.52 Å². The molecular formula is C18H17BrN4. The molecule has 1 fully saturated rings. The van der Waals surface area contributed by atoms with Gasteiger partial charge in [0.05, 0.1) is 11.9 Å². The average Bonchev–Trinajstić information content (AvgIpc) is 2.62. The number of halogens is 1. The zero-order chi connectivity index (χ0) is 15.6. The molecule has 0 bridgehead atoms. The Hall–Kier alpha value is -2.01. The second-order valence-corrected chi connectivity index (χ2v) is 6.76. The van der Waals surface area contributed by atoms with Crippen LogP contribution in [0.25, 0.3) is 22.4 Å². The summed E-state index contributed by atoms with van der Waals surface area (Å²) < 4.78 is 0.915. The summed E-state index contributed by atoms with van der Waals surface area (Å²) in [5, 5.41) is 0. The van der Waals surface area contributed by atoms with Crippen LogP contribution >= 0.6 is 15.9 Å². The normalized spacial score (nSPS) is 15.1. The SMILES string of the molecule is Brc1cnc2nc(-c3ccc(N4CCCCC4)cc3)cnc2c1. The number of piperidine rings is 1. The molecule has 0 radical (unpaired) electrons. The van der Waals surface area contributed by atoms with Crippen LogP contribution < -0.4 is 4.90 Å². The molecule has 4 nitrogen and oxygen atoms in total. The van der Waals surface area contributed by atoms with E-state index in [1.165, 1.54) is 24.9 Å². The fourth-order valence-electron chi connectivity index (χ4n) is 3.01. The summed E-state index contributed by atoms with van der Waals surface area (Å²) >= 11 is 3.41. The van der Waals surface area contributed by atoms with Crippen molar-refractivity contribution in [1.29, 1.82) is 0 Å². The van der Waals surface area contributed by atoms with E-state index >= 15 is 0 Å². The molecule has 1 aliphatic heterocycles. The third-order valence-corrected chi connectivity index (χ3v) is 4.68. The lowest BCUT2D eigenvalue weighted by atomic mass is 10.1. The van der Waals surface area contributed by atoms with Crippen molar-refractivity contribution in [1.82, 2.24) is 15.0 Å². The Morgan fingerprint density at radius 3 is 2.48 bits per heavy atom. The van der Waals surface area contributed by atoms with E-state index < -0.39 is 0 Å². The van der Waals surface area contributed by atoms with Crippen LogP contribution in [0.15, 0.2) is 47.2 Å². The minimum absolute atomic E-state index is 0.672. The Labute approximate surface area is 143 Å². The standard InChI is InChI=1S/C18H17BrN4/c19-14-10-16-18(21-11-14)22-17(12-20-16)13-4-6-15(7-5-13)23-8-2-1-3-9-23/h4-7,10-12H,1-3,8-9H2. The summed E-state index contributed by atoms with van der Waals surface area (Å²) in [7, 11) is 0. The molecule has 2 aromatic heterocycles. The Balaban J connectivity index is 1.63. The Morgan fingerprint density at radius 1 is 0.913 bits per heavy atom. The maximum absolute atomic E-state index is 4.62. The van der Waals surface area contributed by atoms with Crippen molar-refractivity contribution >= 4 is 32.8 Å². The van der Waals surface area contributed by atoms with Gasteiger partial charge in [-0.15, -0.1) is 0 Å². The molecule has 5 heteroatoms. The molecular weight excluding hydrogens is 352 g/mol. The largest absolute Gasteiger partial charge is 0.372 e. The number of hydrogen-bond donors (Lipinski definition) is 0. The Bertz CT molecular complexity index is 826. The highest BCUT2D eigenvalue weighted by molar-refractivity contribution is 9.10. The van der Waals surface area contributed by atoms with Crippen molar-refractivity contribution in [3.63, 3.8) is 0 Å². The van der Waals surface area contributed by atoms with E-state index in [9.17, 15) is 0 Å². The first kappa shape index (κ1) is 14.6. The number of anilines is 1. The summed E-state index contributed by atoms with van der Waals surface area (Å²) in [6.45, 7) is 2.32. The van der Waals surface area contributed by atoms with Crippen molar-refractivity contribution in [2.45, 2.75) is 19.3 Å². The monoisotopic (exact) mass is 368 g/mol. The number of aromatic nitrogens is 3. The quantitative estimate of drug-likeness (QED) is 0.670. The van der Waals surface area contributed by atoms with Gasteiger partial charge in [0.15, 0.2) is 5.65 Å². The fourth-order valence-corrected chi connectivity index (χ4v) is 3.33. The maximum atomic E-state index is 4.62. The van der Waals surface area contributed by atoms with Crippen LogP contribution in [0, 0.1) is 0 Å². The average molecular weight is 369 g/mol. The minimum Gasteiger partial charge on any atom is -0.372 e. The molecule has 3 aromatic rings. The van der Waals surface area contributed by atoms with Gasteiger partial charge < -0.3 is 4.90 Å². The highest BCUT2D eigenvalue weighted by Crippen LogP contribution is 2.25. The zero-order valence-electron chi connectivity index (χ0n) is 12.7. The Kier molecular flexibility index (Phi) is 3.95. The molecule has 3 heterocycles. The molecule has 116 valence electrons. The summed E-state index contributed by atoms with van der Waals surface area (Å²) in [6.07, 6.45) is 7.50. The van der Waals surface area contributed by atoms with Crippen LogP contribution in [0.3, 0.4) is 0 Å². The molecule has 1 aliphatic rings. The predicted octanol–water partition coefficient (Wildman–Crippen LogP) is 4.44. The number of nitrogens with zero attached hydrogens (tertiary/aromatic N) is 4. The molecule has 0 amide bonds. The Morgan fingerprint density at radius 2 is 1.70 bits per heavy atom. The third kappa shape index (κ3) is 3.06. The summed E-state index contributed by atoms with van der Waals surface area (Å²) in [5.74, 6) is 0. The highest BCUT2D eigenvalue weighted by atomic mass is 79.9. The smallest absolute Gasteiger partial charge is 0.178 e. The van der Waals surface area contributed by atoms with E-state index in [1.54, 1.807) is 6.20 Å². The highest BCUT2D eigenvalue weighted by Gasteiger charge is 2.11. The lowest BCUT2D eigenvalue weighted by Crippen LogP contribution is -2.29. The van der Waals surface area contributed by atoms with Crippen LogP contribution in [0.4, 0.5) is 5.69 Å². The zero-order valence-corrected chi connectivity index (χ0v) is 14.3. The van der Waals surface area contributed by atoms with E-state index in [1.807, 2.05) is 12.3 Å². The van der Waals surface area contributed by atoms with Crippen LogP contribution in [0.2, 0.25) is 0 Å². The van der Waals surface area contributed by atoms with Crippen molar-refractivity contribution in [2.24, 2.45) is 0 Å². The summed E-state index contributed by atoms with van der Waals surface area (Å²) in [4.78, 5) is 15.9. The molecule has 0 saturated carbocycles. The topological polar surface area (TPSA) is 41.9 Å². The number of pyridine rings is 1. The molecule has 1 aromatic carbocycles. The number of hydrogen-bond acceptors (Lipinski definition) is 4. The minimum atomic E-state index is 0.672. The lowest BCUT2D eigenvalue weighted by Gasteiger charge is -2.28. The predicted molar refractivity (Wildman–Crippen MR) is 96.5 cm³/mol. The van der Waals surface area contributed by atoms with Crippen molar-refractivity contribution < 1.29 is 0 Å². The molecule has 1 saturated heterocycles. The second-order valence-electron chi connectivity index (χ2n) is 5.85. The summed E-state index contributed by atoms with van der Waals surface area (Å²) in [5.41, 5.74) is 4.70. The molecule has 0 aliphatic carbocycles. The second kappa shape index (κ2) is 6.24. The van der Waals surface area contributed by atoms with E-state index in [0.717, 1.165) is 34.3 Å². The summed E-state index contributed by atoms with van der Waals surface area (Å²) in [6, 6.07) is 10.5. The number of rotatable bonds is 2. The molecule has 23 heavy (non-hydrogen) atoms. The van der Waals surface area contributed by atoms with Crippen molar-refractivity contribution in [2.75, 3.05) is 18.0 Å². The first-order valence-corrected chi connectivity index (χ1v) is 8.72. The van der Waals surface area contributed by atoms with Gasteiger partial charge in [-0.2, -0.15) is 0 Å². The van der Waals surface area contributed by atoms with Crippen molar-refractivity contribution in [3.8, 4) is 11.3 Å². The maximum Gasteiger partial charge on any atom is 0.178 e. The van der Waals surface area contributed by atoms with E-state index in [0.29, 0.717) is 5.65 Å². The van der Waals surface area contributed by atoms with Crippen LogP contribution in [-0.2, 0) is 0 Å². The van der Waals surface area contributed by atoms with Gasteiger partial charge in [-0.25, -0.2) is 9.97 Å². The lowest BCUT2D eigenvalue weighted by molar-refractivity contribution is 0.578.